The van der Waals surface area contributed by atoms with E-state index in [2.05, 4.69) is 47.8 Å². The molecule has 0 saturated heterocycles. The number of nitrogens with one attached hydrogen (secondary N) is 1. The van der Waals surface area contributed by atoms with Gasteiger partial charge in [-0.05, 0) is 37.3 Å². The molecule has 1 atom stereocenters. The Morgan fingerprint density at radius 3 is 2.68 bits per heavy atom. The number of benzene rings is 2. The number of hydrogen-bond acceptors (Lipinski definition) is 2. The minimum absolute atomic E-state index is 0.367. The van der Waals surface area contributed by atoms with Gasteiger partial charge in [0, 0.05) is 10.8 Å². The number of fused-ring (bicyclic) bond motifs is 3. The molecule has 19 heavy (non-hydrogen) atoms. The highest BCUT2D eigenvalue weighted by molar-refractivity contribution is 6.04. The van der Waals surface area contributed by atoms with Crippen molar-refractivity contribution in [2.45, 2.75) is 18.9 Å². The smallest absolute Gasteiger partial charge is 0.142 e. The van der Waals surface area contributed by atoms with Crippen LogP contribution in [0.2, 0.25) is 0 Å². The van der Waals surface area contributed by atoms with Crippen LogP contribution in [0.4, 0.5) is 0 Å². The molecule has 0 bridgehead atoms. The predicted molar refractivity (Wildman–Crippen MR) is 78.2 cm³/mol. The summed E-state index contributed by atoms with van der Waals surface area (Å²) in [5.41, 5.74) is 1.02. The molecular weight excluding hydrogens is 234 g/mol. The zero-order chi connectivity index (χ0) is 12.8. The monoisotopic (exact) mass is 251 g/mol. The van der Waals surface area contributed by atoms with Crippen molar-refractivity contribution in [1.82, 2.24) is 5.32 Å². The largest absolute Gasteiger partial charge is 0.459 e. The fourth-order valence-corrected chi connectivity index (χ4v) is 2.98. The van der Waals surface area contributed by atoms with Gasteiger partial charge in [-0.15, -0.1) is 0 Å². The van der Waals surface area contributed by atoms with Gasteiger partial charge >= 0.3 is 0 Å². The average Bonchev–Trinajstić information content (AvgIpc) is 3.18. The van der Waals surface area contributed by atoms with Crippen LogP contribution < -0.4 is 5.32 Å². The van der Waals surface area contributed by atoms with E-state index in [1.54, 1.807) is 0 Å². The second-order valence-corrected chi connectivity index (χ2v) is 5.46. The van der Waals surface area contributed by atoms with E-state index in [0.717, 1.165) is 17.3 Å². The molecule has 2 heteroatoms. The van der Waals surface area contributed by atoms with Crippen molar-refractivity contribution in [3.05, 3.63) is 48.2 Å². The molecule has 1 N–H and O–H groups in total. The first-order valence-corrected chi connectivity index (χ1v) is 6.95. The fraction of sp³-hybridized carbons (Fsp3) is 0.294. The highest BCUT2D eigenvalue weighted by Gasteiger charge is 2.33. The van der Waals surface area contributed by atoms with E-state index in [9.17, 15) is 0 Å². The summed E-state index contributed by atoms with van der Waals surface area (Å²) in [5.74, 6) is 1.83. The first kappa shape index (κ1) is 11.1. The fourth-order valence-electron chi connectivity index (χ4n) is 2.98. The van der Waals surface area contributed by atoms with Crippen molar-refractivity contribution >= 4 is 21.7 Å². The summed E-state index contributed by atoms with van der Waals surface area (Å²) in [4.78, 5) is 0. The van der Waals surface area contributed by atoms with Crippen molar-refractivity contribution in [1.29, 1.82) is 0 Å². The van der Waals surface area contributed by atoms with Crippen LogP contribution in [-0.2, 0) is 0 Å². The van der Waals surface area contributed by atoms with Crippen LogP contribution >= 0.6 is 0 Å². The van der Waals surface area contributed by atoms with Crippen LogP contribution in [-0.4, -0.2) is 7.05 Å². The van der Waals surface area contributed by atoms with E-state index >= 15 is 0 Å². The highest BCUT2D eigenvalue weighted by Crippen LogP contribution is 2.42. The van der Waals surface area contributed by atoms with E-state index in [-0.39, 0.29) is 0 Å². The summed E-state index contributed by atoms with van der Waals surface area (Å²) >= 11 is 0. The summed E-state index contributed by atoms with van der Waals surface area (Å²) in [6.45, 7) is 0. The van der Waals surface area contributed by atoms with Crippen molar-refractivity contribution < 1.29 is 4.42 Å². The Hall–Kier alpha value is -1.80. The van der Waals surface area contributed by atoms with Gasteiger partial charge < -0.3 is 9.73 Å². The lowest BCUT2D eigenvalue weighted by Crippen LogP contribution is -2.17. The Morgan fingerprint density at radius 1 is 1.11 bits per heavy atom. The zero-order valence-electron chi connectivity index (χ0n) is 11.0. The Morgan fingerprint density at radius 2 is 1.89 bits per heavy atom. The van der Waals surface area contributed by atoms with Gasteiger partial charge in [0.2, 0.25) is 0 Å². The van der Waals surface area contributed by atoms with Gasteiger partial charge in [-0.3, -0.25) is 0 Å². The standard InChI is InChI=1S/C17H17NO/c1-18-16(12-7-8-12)15-10-13-9-6-11-4-2-3-5-14(11)17(13)19-15/h2-6,9-10,12,16,18H,7-8H2,1H3. The van der Waals surface area contributed by atoms with E-state index in [1.165, 1.54) is 29.0 Å². The summed E-state index contributed by atoms with van der Waals surface area (Å²) in [7, 11) is 2.02. The van der Waals surface area contributed by atoms with E-state index in [0.29, 0.717) is 6.04 Å². The van der Waals surface area contributed by atoms with E-state index < -0.39 is 0 Å². The van der Waals surface area contributed by atoms with Gasteiger partial charge in [0.25, 0.3) is 0 Å². The van der Waals surface area contributed by atoms with Gasteiger partial charge in [-0.2, -0.15) is 0 Å². The van der Waals surface area contributed by atoms with Gasteiger partial charge in [-0.25, -0.2) is 0 Å². The topological polar surface area (TPSA) is 25.2 Å². The first-order chi connectivity index (χ1) is 9.36. The molecule has 0 amide bonds. The van der Waals surface area contributed by atoms with Crippen molar-refractivity contribution in [2.75, 3.05) is 7.05 Å². The molecule has 1 unspecified atom stereocenters. The average molecular weight is 251 g/mol. The molecular formula is C17H17NO. The maximum absolute atomic E-state index is 6.17. The Kier molecular flexibility index (Phi) is 2.39. The SMILES string of the molecule is CNC(c1cc2ccc3ccccc3c2o1)C1CC1. The molecule has 0 radical (unpaired) electrons. The van der Waals surface area contributed by atoms with Crippen LogP contribution in [0.5, 0.6) is 0 Å². The number of furan rings is 1. The summed E-state index contributed by atoms with van der Waals surface area (Å²) in [6.07, 6.45) is 2.62. The lowest BCUT2D eigenvalue weighted by Gasteiger charge is -2.11. The third kappa shape index (κ3) is 1.75. The predicted octanol–water partition coefficient (Wildman–Crippen LogP) is 4.26. The molecule has 4 rings (SSSR count). The quantitative estimate of drug-likeness (QED) is 0.752. The normalized spacial score (nSPS) is 17.1. The highest BCUT2D eigenvalue weighted by atomic mass is 16.3. The third-order valence-electron chi connectivity index (χ3n) is 4.14. The minimum Gasteiger partial charge on any atom is -0.459 e. The summed E-state index contributed by atoms with van der Waals surface area (Å²) in [5, 5.41) is 7.04. The Balaban J connectivity index is 1.92. The van der Waals surface area contributed by atoms with Crippen molar-refractivity contribution in [3.8, 4) is 0 Å². The molecule has 2 nitrogen and oxygen atoms in total. The molecule has 0 aliphatic heterocycles. The molecule has 1 aliphatic rings. The van der Waals surface area contributed by atoms with Crippen LogP contribution in [0.15, 0.2) is 46.9 Å². The lowest BCUT2D eigenvalue weighted by atomic mass is 10.1. The Labute approximate surface area is 112 Å². The van der Waals surface area contributed by atoms with Gasteiger partial charge in [0.05, 0.1) is 6.04 Å². The van der Waals surface area contributed by atoms with Crippen molar-refractivity contribution in [2.24, 2.45) is 5.92 Å². The molecule has 1 aliphatic carbocycles. The minimum atomic E-state index is 0.367. The van der Waals surface area contributed by atoms with Crippen LogP contribution in [0.1, 0.15) is 24.6 Å². The van der Waals surface area contributed by atoms with Gasteiger partial charge in [0.1, 0.15) is 11.3 Å². The number of rotatable bonds is 3. The molecule has 96 valence electrons. The second kappa shape index (κ2) is 4.10. The second-order valence-electron chi connectivity index (χ2n) is 5.46. The maximum Gasteiger partial charge on any atom is 0.142 e. The van der Waals surface area contributed by atoms with Gasteiger partial charge in [0.15, 0.2) is 0 Å². The van der Waals surface area contributed by atoms with E-state index in [4.69, 9.17) is 4.42 Å². The summed E-state index contributed by atoms with van der Waals surface area (Å²) in [6, 6.07) is 15.3. The molecule has 1 heterocycles. The van der Waals surface area contributed by atoms with E-state index in [1.807, 2.05) is 7.05 Å². The molecule has 1 aromatic heterocycles. The molecule has 0 spiro atoms. The molecule has 2 aromatic carbocycles. The van der Waals surface area contributed by atoms with Crippen molar-refractivity contribution in [3.63, 3.8) is 0 Å². The lowest BCUT2D eigenvalue weighted by molar-refractivity contribution is 0.420. The Bertz CT molecular complexity index is 739. The van der Waals surface area contributed by atoms with Crippen LogP contribution in [0, 0.1) is 5.92 Å². The summed E-state index contributed by atoms with van der Waals surface area (Å²) < 4.78 is 6.17. The number of hydrogen-bond donors (Lipinski definition) is 1. The maximum atomic E-state index is 6.17. The van der Waals surface area contributed by atoms with Crippen LogP contribution in [0.3, 0.4) is 0 Å². The van der Waals surface area contributed by atoms with Crippen LogP contribution in [0.25, 0.3) is 21.7 Å². The van der Waals surface area contributed by atoms with Gasteiger partial charge in [-0.1, -0.05) is 36.4 Å². The third-order valence-corrected chi connectivity index (χ3v) is 4.14. The molecule has 1 saturated carbocycles. The first-order valence-electron chi connectivity index (χ1n) is 6.95. The molecule has 3 aromatic rings. The zero-order valence-corrected chi connectivity index (χ0v) is 11.0. The molecule has 1 fully saturated rings.